The molecule has 1 aromatic rings. The van der Waals surface area contributed by atoms with E-state index in [0.717, 1.165) is 12.8 Å². The van der Waals surface area contributed by atoms with Crippen LogP contribution in [0.5, 0.6) is 6.01 Å². The van der Waals surface area contributed by atoms with E-state index in [1.807, 2.05) is 19.9 Å². The maximum absolute atomic E-state index is 8.79. The monoisotopic (exact) mass is 234 g/mol. The van der Waals surface area contributed by atoms with Gasteiger partial charge in [0, 0.05) is 11.2 Å². The van der Waals surface area contributed by atoms with Crippen LogP contribution < -0.4 is 10.5 Å². The fourth-order valence-electron chi connectivity index (χ4n) is 1.33. The SMILES string of the molecule is CCC(N)(CC)COc1nc(C)cc(C#N)n1. The summed E-state index contributed by atoms with van der Waals surface area (Å²) in [5, 5.41) is 8.79. The van der Waals surface area contributed by atoms with Crippen molar-refractivity contribution in [3.63, 3.8) is 0 Å². The van der Waals surface area contributed by atoms with Gasteiger partial charge >= 0.3 is 6.01 Å². The Labute approximate surface area is 102 Å². The molecule has 17 heavy (non-hydrogen) atoms. The van der Waals surface area contributed by atoms with E-state index in [2.05, 4.69) is 9.97 Å². The molecule has 0 saturated heterocycles. The van der Waals surface area contributed by atoms with E-state index in [0.29, 0.717) is 18.0 Å². The summed E-state index contributed by atoms with van der Waals surface area (Å²) >= 11 is 0. The van der Waals surface area contributed by atoms with Crippen LogP contribution in [0.4, 0.5) is 0 Å². The summed E-state index contributed by atoms with van der Waals surface area (Å²) in [4.78, 5) is 8.09. The van der Waals surface area contributed by atoms with Gasteiger partial charge < -0.3 is 10.5 Å². The Kier molecular flexibility index (Phi) is 4.41. The van der Waals surface area contributed by atoms with Gasteiger partial charge in [-0.2, -0.15) is 10.2 Å². The maximum Gasteiger partial charge on any atom is 0.317 e. The molecule has 2 N–H and O–H groups in total. The molecule has 0 aromatic carbocycles. The van der Waals surface area contributed by atoms with Gasteiger partial charge in [0.1, 0.15) is 18.4 Å². The lowest BCUT2D eigenvalue weighted by molar-refractivity contribution is 0.193. The highest BCUT2D eigenvalue weighted by molar-refractivity contribution is 5.23. The van der Waals surface area contributed by atoms with Crippen molar-refractivity contribution in [3.8, 4) is 12.1 Å². The van der Waals surface area contributed by atoms with Crippen LogP contribution in [0.3, 0.4) is 0 Å². The summed E-state index contributed by atoms with van der Waals surface area (Å²) in [7, 11) is 0. The fraction of sp³-hybridized carbons (Fsp3) is 0.583. The minimum Gasteiger partial charge on any atom is -0.461 e. The van der Waals surface area contributed by atoms with Crippen LogP contribution in [0.15, 0.2) is 6.07 Å². The first kappa shape index (κ1) is 13.4. The Hall–Kier alpha value is -1.67. The molecular formula is C12H18N4O. The number of nitrogens with two attached hydrogens (primary N) is 1. The molecule has 1 rings (SSSR count). The minimum absolute atomic E-state index is 0.221. The summed E-state index contributed by atoms with van der Waals surface area (Å²) in [5.74, 6) is 0. The standard InChI is InChI=1S/C12H18N4O/c1-4-12(14,5-2)8-17-11-15-9(3)6-10(7-13)16-11/h6H,4-5,8,14H2,1-3H3. The molecule has 0 amide bonds. The molecule has 0 aliphatic carbocycles. The van der Waals surface area contributed by atoms with Crippen LogP contribution in [0.25, 0.3) is 0 Å². The van der Waals surface area contributed by atoms with Crippen LogP contribution in [0.2, 0.25) is 0 Å². The van der Waals surface area contributed by atoms with Crippen molar-refractivity contribution in [2.45, 2.75) is 39.2 Å². The first-order chi connectivity index (χ1) is 8.03. The lowest BCUT2D eigenvalue weighted by Crippen LogP contribution is -2.44. The summed E-state index contributed by atoms with van der Waals surface area (Å²) in [5.41, 5.74) is 6.77. The number of ether oxygens (including phenoxy) is 1. The van der Waals surface area contributed by atoms with Crippen molar-refractivity contribution in [2.24, 2.45) is 5.73 Å². The minimum atomic E-state index is -0.361. The molecule has 0 radical (unpaired) electrons. The normalized spacial score (nSPS) is 11.0. The third-order valence-corrected chi connectivity index (χ3v) is 2.85. The third-order valence-electron chi connectivity index (χ3n) is 2.85. The first-order valence-electron chi connectivity index (χ1n) is 5.70. The maximum atomic E-state index is 8.79. The summed E-state index contributed by atoms with van der Waals surface area (Å²) < 4.78 is 5.48. The molecule has 0 spiro atoms. The zero-order chi connectivity index (χ0) is 12.9. The predicted octanol–water partition coefficient (Wildman–Crippen LogP) is 1.55. The number of rotatable bonds is 5. The largest absolute Gasteiger partial charge is 0.461 e. The van der Waals surface area contributed by atoms with Crippen LogP contribution in [0.1, 0.15) is 38.1 Å². The average molecular weight is 234 g/mol. The van der Waals surface area contributed by atoms with Gasteiger partial charge in [-0.05, 0) is 25.8 Å². The van der Waals surface area contributed by atoms with Gasteiger partial charge in [-0.25, -0.2) is 4.98 Å². The molecule has 0 bridgehead atoms. The van der Waals surface area contributed by atoms with Crippen molar-refractivity contribution in [3.05, 3.63) is 17.5 Å². The highest BCUT2D eigenvalue weighted by atomic mass is 16.5. The van der Waals surface area contributed by atoms with E-state index in [9.17, 15) is 0 Å². The van der Waals surface area contributed by atoms with Crippen LogP contribution >= 0.6 is 0 Å². The highest BCUT2D eigenvalue weighted by Gasteiger charge is 2.21. The molecule has 0 saturated carbocycles. The Balaban J connectivity index is 2.76. The number of nitriles is 1. The van der Waals surface area contributed by atoms with Crippen molar-refractivity contribution in [1.29, 1.82) is 5.26 Å². The van der Waals surface area contributed by atoms with Gasteiger partial charge in [0.15, 0.2) is 0 Å². The average Bonchev–Trinajstić information content (AvgIpc) is 2.35. The zero-order valence-corrected chi connectivity index (χ0v) is 10.5. The lowest BCUT2D eigenvalue weighted by atomic mass is 9.96. The van der Waals surface area contributed by atoms with E-state index in [1.165, 1.54) is 0 Å². The summed E-state index contributed by atoms with van der Waals surface area (Å²) in [6.07, 6.45) is 1.64. The van der Waals surface area contributed by atoms with Gasteiger partial charge in [0.2, 0.25) is 0 Å². The van der Waals surface area contributed by atoms with Gasteiger partial charge in [-0.1, -0.05) is 13.8 Å². The van der Waals surface area contributed by atoms with E-state index in [1.54, 1.807) is 13.0 Å². The highest BCUT2D eigenvalue weighted by Crippen LogP contribution is 2.14. The molecule has 5 heteroatoms. The first-order valence-corrected chi connectivity index (χ1v) is 5.70. The number of hydrogen-bond donors (Lipinski definition) is 1. The van der Waals surface area contributed by atoms with E-state index in [-0.39, 0.29) is 11.5 Å². The quantitative estimate of drug-likeness (QED) is 0.835. The van der Waals surface area contributed by atoms with Crippen molar-refractivity contribution >= 4 is 0 Å². The second-order valence-electron chi connectivity index (χ2n) is 4.15. The third kappa shape index (κ3) is 3.68. The lowest BCUT2D eigenvalue weighted by Gasteiger charge is -2.25. The Morgan fingerprint density at radius 1 is 1.41 bits per heavy atom. The molecule has 0 unspecified atom stereocenters. The molecule has 0 aliphatic rings. The summed E-state index contributed by atoms with van der Waals surface area (Å²) in [6.45, 7) is 6.19. The van der Waals surface area contributed by atoms with Crippen molar-refractivity contribution < 1.29 is 4.74 Å². The topological polar surface area (TPSA) is 84.8 Å². The molecule has 0 aliphatic heterocycles. The second-order valence-corrected chi connectivity index (χ2v) is 4.15. The van der Waals surface area contributed by atoms with Gasteiger partial charge in [-0.15, -0.1) is 0 Å². The van der Waals surface area contributed by atoms with E-state index in [4.69, 9.17) is 15.7 Å². The van der Waals surface area contributed by atoms with Crippen LogP contribution in [-0.4, -0.2) is 22.1 Å². The Bertz CT molecular complexity index is 421. The fourth-order valence-corrected chi connectivity index (χ4v) is 1.33. The van der Waals surface area contributed by atoms with Gasteiger partial charge in [0.25, 0.3) is 0 Å². The zero-order valence-electron chi connectivity index (χ0n) is 10.5. The smallest absolute Gasteiger partial charge is 0.317 e. The molecular weight excluding hydrogens is 216 g/mol. The van der Waals surface area contributed by atoms with Gasteiger partial charge in [0.05, 0.1) is 0 Å². The number of aromatic nitrogens is 2. The van der Waals surface area contributed by atoms with Crippen LogP contribution in [0, 0.1) is 18.3 Å². The Morgan fingerprint density at radius 3 is 2.59 bits per heavy atom. The molecule has 1 aromatic heterocycles. The molecule has 0 atom stereocenters. The molecule has 5 nitrogen and oxygen atoms in total. The summed E-state index contributed by atoms with van der Waals surface area (Å²) in [6, 6.07) is 3.80. The predicted molar refractivity (Wildman–Crippen MR) is 64.5 cm³/mol. The molecule has 1 heterocycles. The van der Waals surface area contributed by atoms with Crippen molar-refractivity contribution in [1.82, 2.24) is 9.97 Å². The number of aryl methyl sites for hydroxylation is 1. The van der Waals surface area contributed by atoms with E-state index >= 15 is 0 Å². The van der Waals surface area contributed by atoms with E-state index < -0.39 is 0 Å². The molecule has 92 valence electrons. The van der Waals surface area contributed by atoms with Gasteiger partial charge in [-0.3, -0.25) is 0 Å². The van der Waals surface area contributed by atoms with Crippen molar-refractivity contribution in [2.75, 3.05) is 6.61 Å². The molecule has 0 fully saturated rings. The van der Waals surface area contributed by atoms with Crippen LogP contribution in [-0.2, 0) is 0 Å². The second kappa shape index (κ2) is 5.60. The number of nitrogens with zero attached hydrogens (tertiary/aromatic N) is 3. The number of hydrogen-bond acceptors (Lipinski definition) is 5. The Morgan fingerprint density at radius 2 is 2.06 bits per heavy atom.